The van der Waals surface area contributed by atoms with E-state index in [-0.39, 0.29) is 19.3 Å². The van der Waals surface area contributed by atoms with Gasteiger partial charge in [-0.2, -0.15) is 0 Å². The van der Waals surface area contributed by atoms with Crippen LogP contribution in [0.3, 0.4) is 0 Å². The summed E-state index contributed by atoms with van der Waals surface area (Å²) in [5.74, 6) is 0. The number of unbranched alkanes of at least 4 members (excludes halogenated alkanes) is 14. The van der Waals surface area contributed by atoms with Gasteiger partial charge in [0, 0.05) is 6.20 Å². The molecule has 2 unspecified atom stereocenters. The molecule has 1 aromatic heterocycles. The predicted octanol–water partition coefficient (Wildman–Crippen LogP) is 7.88. The van der Waals surface area contributed by atoms with Gasteiger partial charge in [-0.1, -0.05) is 132 Å². The number of aryl methyl sites for hydroxylation is 2. The Kier molecular flexibility index (Phi) is 20.4. The van der Waals surface area contributed by atoms with Gasteiger partial charge in [0.15, 0.2) is 6.29 Å². The van der Waals surface area contributed by atoms with Gasteiger partial charge < -0.3 is 24.8 Å². The Morgan fingerprint density at radius 3 is 2.13 bits per heavy atom. The van der Waals surface area contributed by atoms with Crippen LogP contribution in [0.15, 0.2) is 36.5 Å². The molecule has 0 spiro atoms. The number of rotatable bonds is 27. The fraction of sp³-hybridized carbons (Fsp3) is 0.789. The summed E-state index contributed by atoms with van der Waals surface area (Å²) in [6, 6.07) is 10.1. The summed E-state index contributed by atoms with van der Waals surface area (Å²) in [5.41, 5.74) is 2.29. The highest BCUT2D eigenvalue weighted by molar-refractivity contribution is 5.14. The maximum absolute atomic E-state index is 11.3. The quantitative estimate of drug-likeness (QED) is 0.0850. The van der Waals surface area contributed by atoms with Crippen LogP contribution >= 0.6 is 0 Å². The first-order valence-electron chi connectivity index (χ1n) is 18.8. The highest BCUT2D eigenvalue weighted by Crippen LogP contribution is 2.24. The van der Waals surface area contributed by atoms with Crippen molar-refractivity contribution in [3.63, 3.8) is 0 Å². The molecule has 0 saturated carbocycles. The van der Waals surface area contributed by atoms with Gasteiger partial charge >= 0.3 is 0 Å². The van der Waals surface area contributed by atoms with E-state index in [4.69, 9.17) is 9.47 Å². The molecule has 2 aromatic rings. The molecule has 3 rings (SSSR count). The van der Waals surface area contributed by atoms with Crippen LogP contribution in [-0.4, -0.2) is 68.1 Å². The van der Waals surface area contributed by atoms with Crippen LogP contribution in [0.5, 0.6) is 0 Å². The highest BCUT2D eigenvalue weighted by Gasteiger charge is 2.31. The summed E-state index contributed by atoms with van der Waals surface area (Å²) in [6.45, 7) is 2.39. The van der Waals surface area contributed by atoms with Crippen molar-refractivity contribution in [2.45, 2.75) is 179 Å². The molecule has 3 N–H and O–H groups in total. The number of aliphatic hydroxyl groups excluding tert-OH is 3. The van der Waals surface area contributed by atoms with E-state index in [1.165, 1.54) is 82.6 Å². The van der Waals surface area contributed by atoms with Crippen molar-refractivity contribution in [2.24, 2.45) is 0 Å². The fourth-order valence-electron chi connectivity index (χ4n) is 6.50. The fourth-order valence-corrected chi connectivity index (χ4v) is 6.50. The van der Waals surface area contributed by atoms with E-state index in [1.807, 2.05) is 6.20 Å². The third kappa shape index (κ3) is 15.8. The van der Waals surface area contributed by atoms with Gasteiger partial charge in [0.2, 0.25) is 0 Å². The van der Waals surface area contributed by atoms with Gasteiger partial charge in [-0.05, 0) is 56.9 Å². The standard InChI is InChI=1S/C38H65N3O5/c1-2-3-4-5-6-7-8-9-10-11-12-20-27-36(43)38(44)35(31-45-37-28-21-26-34(30-42)46-37)41-29-33(39-40-41)25-19-14-13-16-22-32-23-17-15-18-24-32/h15,17-18,23-24,29,34-38,42-44H,2-14,16,19-22,25-28,30-31H2,1H3/t34?,35-,36+,37?,38-/m0/s1. The van der Waals surface area contributed by atoms with Gasteiger partial charge in [0.1, 0.15) is 12.1 Å². The van der Waals surface area contributed by atoms with Crippen molar-refractivity contribution in [1.82, 2.24) is 15.0 Å². The SMILES string of the molecule is CCCCCCCCCCCCCC[C@@H](O)[C@@H](O)[C@H](COC1CCCC(CO)O1)n1cc(CCCCCCc2ccccc2)nn1. The van der Waals surface area contributed by atoms with Crippen molar-refractivity contribution >= 4 is 0 Å². The second-order valence-corrected chi connectivity index (χ2v) is 13.5. The minimum atomic E-state index is -1.03. The molecule has 8 nitrogen and oxygen atoms in total. The Bertz CT molecular complexity index is 990. The molecule has 1 saturated heterocycles. The molecule has 262 valence electrons. The van der Waals surface area contributed by atoms with E-state index < -0.39 is 24.5 Å². The second kappa shape index (κ2) is 24.3. The van der Waals surface area contributed by atoms with Crippen LogP contribution in [0.25, 0.3) is 0 Å². The molecule has 5 atom stereocenters. The number of aromatic nitrogens is 3. The lowest BCUT2D eigenvalue weighted by Crippen LogP contribution is -2.40. The molecule has 0 amide bonds. The summed E-state index contributed by atoms with van der Waals surface area (Å²) in [7, 11) is 0. The van der Waals surface area contributed by atoms with Crippen molar-refractivity contribution in [3.8, 4) is 0 Å². The van der Waals surface area contributed by atoms with E-state index in [0.717, 1.165) is 63.5 Å². The molecule has 0 bridgehead atoms. The summed E-state index contributed by atoms with van der Waals surface area (Å²) in [4.78, 5) is 0. The lowest BCUT2D eigenvalue weighted by Gasteiger charge is -2.32. The van der Waals surface area contributed by atoms with E-state index in [0.29, 0.717) is 6.42 Å². The number of benzene rings is 1. The van der Waals surface area contributed by atoms with Gasteiger partial charge in [0.05, 0.1) is 31.1 Å². The van der Waals surface area contributed by atoms with E-state index in [1.54, 1.807) is 4.68 Å². The molecule has 1 aromatic carbocycles. The molecule has 1 fully saturated rings. The normalized spacial score (nSPS) is 18.9. The Labute approximate surface area is 279 Å². The van der Waals surface area contributed by atoms with E-state index >= 15 is 0 Å². The minimum absolute atomic E-state index is 0.0254. The maximum atomic E-state index is 11.3. The van der Waals surface area contributed by atoms with Gasteiger partial charge in [-0.25, -0.2) is 4.68 Å². The smallest absolute Gasteiger partial charge is 0.158 e. The van der Waals surface area contributed by atoms with Crippen LogP contribution in [0.4, 0.5) is 0 Å². The lowest BCUT2D eigenvalue weighted by atomic mass is 9.99. The maximum Gasteiger partial charge on any atom is 0.158 e. The lowest BCUT2D eigenvalue weighted by molar-refractivity contribution is -0.210. The average Bonchev–Trinajstić information content (AvgIpc) is 3.55. The zero-order valence-corrected chi connectivity index (χ0v) is 28.8. The highest BCUT2D eigenvalue weighted by atomic mass is 16.7. The zero-order chi connectivity index (χ0) is 32.7. The van der Waals surface area contributed by atoms with Gasteiger partial charge in [-0.15, -0.1) is 5.10 Å². The van der Waals surface area contributed by atoms with Crippen LogP contribution < -0.4 is 0 Å². The van der Waals surface area contributed by atoms with Crippen molar-refractivity contribution in [1.29, 1.82) is 0 Å². The van der Waals surface area contributed by atoms with Crippen LogP contribution in [0.1, 0.15) is 153 Å². The Morgan fingerprint density at radius 2 is 1.46 bits per heavy atom. The number of hydrogen-bond donors (Lipinski definition) is 3. The third-order valence-corrected chi connectivity index (χ3v) is 9.50. The van der Waals surface area contributed by atoms with Crippen molar-refractivity contribution in [2.75, 3.05) is 13.2 Å². The van der Waals surface area contributed by atoms with Crippen LogP contribution in [0.2, 0.25) is 0 Å². The monoisotopic (exact) mass is 643 g/mol. The topological polar surface area (TPSA) is 110 Å². The van der Waals surface area contributed by atoms with E-state index in [9.17, 15) is 15.3 Å². The Morgan fingerprint density at radius 1 is 0.826 bits per heavy atom. The molecular formula is C38H65N3O5. The Hall–Kier alpha value is -1.84. The first-order chi connectivity index (χ1) is 22.6. The number of aliphatic hydroxyl groups is 3. The third-order valence-electron chi connectivity index (χ3n) is 9.50. The molecule has 46 heavy (non-hydrogen) atoms. The largest absolute Gasteiger partial charge is 0.394 e. The van der Waals surface area contributed by atoms with Crippen molar-refractivity contribution in [3.05, 3.63) is 47.8 Å². The zero-order valence-electron chi connectivity index (χ0n) is 28.8. The predicted molar refractivity (Wildman–Crippen MR) is 185 cm³/mol. The summed E-state index contributed by atoms with van der Waals surface area (Å²) >= 11 is 0. The molecule has 0 radical (unpaired) electrons. The molecule has 1 aliphatic heterocycles. The summed E-state index contributed by atoms with van der Waals surface area (Å²) in [6.07, 6.45) is 24.0. The molecule has 0 aliphatic carbocycles. The molecule has 2 heterocycles. The number of nitrogens with zero attached hydrogens (tertiary/aromatic N) is 3. The average molecular weight is 644 g/mol. The van der Waals surface area contributed by atoms with Crippen molar-refractivity contribution < 1.29 is 24.8 Å². The van der Waals surface area contributed by atoms with Crippen LogP contribution in [-0.2, 0) is 22.3 Å². The molecule has 8 heteroatoms. The van der Waals surface area contributed by atoms with Gasteiger partial charge in [0.25, 0.3) is 0 Å². The Balaban J connectivity index is 1.40. The second-order valence-electron chi connectivity index (χ2n) is 13.5. The first-order valence-corrected chi connectivity index (χ1v) is 18.8. The van der Waals surface area contributed by atoms with Gasteiger partial charge in [-0.3, -0.25) is 0 Å². The minimum Gasteiger partial charge on any atom is -0.394 e. The number of ether oxygens (including phenoxy) is 2. The summed E-state index contributed by atoms with van der Waals surface area (Å²) in [5, 5.41) is 40.6. The molecular weight excluding hydrogens is 578 g/mol. The molecule has 1 aliphatic rings. The first kappa shape index (κ1) is 38.6. The van der Waals surface area contributed by atoms with Crippen LogP contribution in [0, 0.1) is 0 Å². The van der Waals surface area contributed by atoms with E-state index in [2.05, 4.69) is 47.6 Å². The number of hydrogen-bond acceptors (Lipinski definition) is 7. The summed E-state index contributed by atoms with van der Waals surface area (Å²) < 4.78 is 13.6.